The number of rotatable bonds is 1. The number of carbonyl (C=O) groups excluding carboxylic acids is 1. The van der Waals surface area contributed by atoms with Gasteiger partial charge in [-0.1, -0.05) is 6.08 Å². The minimum Gasteiger partial charge on any atom is -0.444 e. The van der Waals surface area contributed by atoms with E-state index < -0.39 is 5.60 Å². The fourth-order valence-corrected chi connectivity index (χ4v) is 3.15. The molecule has 3 rings (SSSR count). The summed E-state index contributed by atoms with van der Waals surface area (Å²) in [4.78, 5) is 18.6. The van der Waals surface area contributed by atoms with E-state index in [0.29, 0.717) is 13.2 Å². The Morgan fingerprint density at radius 1 is 1.39 bits per heavy atom. The molecule has 0 aliphatic carbocycles. The van der Waals surface area contributed by atoms with Crippen LogP contribution in [0.25, 0.3) is 5.57 Å². The van der Waals surface area contributed by atoms with Crippen molar-refractivity contribution in [2.45, 2.75) is 51.8 Å². The normalized spacial score (nSPS) is 24.2. The van der Waals surface area contributed by atoms with Crippen molar-refractivity contribution in [2.24, 2.45) is 0 Å². The zero-order valence-electron chi connectivity index (χ0n) is 14.2. The molecule has 124 valence electrons. The molecule has 2 unspecified atom stereocenters. The average Bonchev–Trinajstić information content (AvgIpc) is 2.44. The Morgan fingerprint density at radius 3 is 2.83 bits per heavy atom. The van der Waals surface area contributed by atoms with Crippen molar-refractivity contribution in [3.8, 4) is 0 Å². The highest BCUT2D eigenvalue weighted by atomic mass is 16.6. The molecule has 2 aliphatic rings. The first kappa shape index (κ1) is 16.0. The van der Waals surface area contributed by atoms with Gasteiger partial charge in [0, 0.05) is 11.9 Å². The average molecular weight is 316 g/mol. The molecule has 1 saturated heterocycles. The molecule has 1 aromatic rings. The second kappa shape index (κ2) is 5.96. The number of ether oxygens (including phenoxy) is 2. The van der Waals surface area contributed by atoms with Gasteiger partial charge in [-0.05, 0) is 57.4 Å². The zero-order chi connectivity index (χ0) is 16.6. The van der Waals surface area contributed by atoms with Gasteiger partial charge in [0.1, 0.15) is 5.60 Å². The van der Waals surface area contributed by atoms with Crippen LogP contribution in [0.1, 0.15) is 38.4 Å². The summed E-state index contributed by atoms with van der Waals surface area (Å²) in [5, 5.41) is 0. The molecule has 5 nitrogen and oxygen atoms in total. The minimum absolute atomic E-state index is 0.0251. The first-order valence-electron chi connectivity index (χ1n) is 8.06. The van der Waals surface area contributed by atoms with Gasteiger partial charge in [0.2, 0.25) is 0 Å². The molecule has 0 saturated carbocycles. The van der Waals surface area contributed by atoms with Crippen molar-refractivity contribution in [2.75, 3.05) is 13.2 Å². The lowest BCUT2D eigenvalue weighted by atomic mass is 9.90. The van der Waals surface area contributed by atoms with Crippen molar-refractivity contribution in [3.63, 3.8) is 0 Å². The summed E-state index contributed by atoms with van der Waals surface area (Å²) >= 11 is 0. The number of morpholine rings is 1. The standard InChI is InChI=1S/C18H24N2O3/c1-12-7-13(5-6-19-12)14-8-15-10-22-11-16(9-14)20(15)17(21)23-18(2,3)4/h5-8,15-16H,9-11H2,1-4H3. The SMILES string of the molecule is Cc1cc(C2=CC3COCC(C2)N3C(=O)OC(C)(C)C)ccn1. The van der Waals surface area contributed by atoms with Crippen LogP contribution in [0, 0.1) is 6.92 Å². The van der Waals surface area contributed by atoms with Gasteiger partial charge in [0.15, 0.2) is 0 Å². The molecule has 1 fully saturated rings. The molecule has 2 bridgehead atoms. The van der Waals surface area contributed by atoms with Crippen LogP contribution in [0.5, 0.6) is 0 Å². The Labute approximate surface area is 137 Å². The first-order valence-corrected chi connectivity index (χ1v) is 8.06. The molecule has 1 amide bonds. The summed E-state index contributed by atoms with van der Waals surface area (Å²) < 4.78 is 11.2. The molecule has 0 aromatic carbocycles. The number of amides is 1. The fourth-order valence-electron chi connectivity index (χ4n) is 3.15. The number of hydrogen-bond acceptors (Lipinski definition) is 4. The van der Waals surface area contributed by atoms with Gasteiger partial charge in [-0.25, -0.2) is 4.79 Å². The van der Waals surface area contributed by atoms with Crippen molar-refractivity contribution in [3.05, 3.63) is 35.7 Å². The minimum atomic E-state index is -0.488. The van der Waals surface area contributed by atoms with Gasteiger partial charge in [0.05, 0.1) is 25.3 Å². The third-order valence-electron chi connectivity index (χ3n) is 4.07. The van der Waals surface area contributed by atoms with E-state index >= 15 is 0 Å². The number of nitrogens with zero attached hydrogens (tertiary/aromatic N) is 2. The summed E-state index contributed by atoms with van der Waals surface area (Å²) in [6, 6.07) is 4.07. The van der Waals surface area contributed by atoms with Gasteiger partial charge >= 0.3 is 6.09 Å². The maximum atomic E-state index is 12.5. The van der Waals surface area contributed by atoms with Crippen LogP contribution in [0.2, 0.25) is 0 Å². The van der Waals surface area contributed by atoms with Gasteiger partial charge in [-0.3, -0.25) is 9.88 Å². The summed E-state index contributed by atoms with van der Waals surface area (Å²) in [6.45, 7) is 8.73. The number of carbonyl (C=O) groups is 1. The molecule has 3 heterocycles. The van der Waals surface area contributed by atoms with Gasteiger partial charge in [-0.15, -0.1) is 0 Å². The van der Waals surface area contributed by atoms with E-state index in [-0.39, 0.29) is 18.2 Å². The molecule has 0 radical (unpaired) electrons. The highest BCUT2D eigenvalue weighted by Gasteiger charge is 2.40. The quantitative estimate of drug-likeness (QED) is 0.798. The second-order valence-electron chi connectivity index (χ2n) is 7.23. The van der Waals surface area contributed by atoms with E-state index in [4.69, 9.17) is 9.47 Å². The van der Waals surface area contributed by atoms with E-state index in [0.717, 1.165) is 12.1 Å². The molecular weight excluding hydrogens is 292 g/mol. The Kier molecular flexibility index (Phi) is 4.15. The number of pyridine rings is 1. The van der Waals surface area contributed by atoms with E-state index in [1.165, 1.54) is 11.1 Å². The second-order valence-corrected chi connectivity index (χ2v) is 7.23. The molecule has 0 spiro atoms. The van der Waals surface area contributed by atoms with E-state index in [1.54, 1.807) is 0 Å². The largest absolute Gasteiger partial charge is 0.444 e. The Balaban J connectivity index is 1.86. The van der Waals surface area contributed by atoms with Crippen molar-refractivity contribution < 1.29 is 14.3 Å². The zero-order valence-corrected chi connectivity index (χ0v) is 14.2. The fraction of sp³-hybridized carbons (Fsp3) is 0.556. The van der Waals surface area contributed by atoms with Crippen LogP contribution in [-0.4, -0.2) is 46.9 Å². The summed E-state index contributed by atoms with van der Waals surface area (Å²) in [6.07, 6.45) is 4.49. The van der Waals surface area contributed by atoms with Crippen molar-refractivity contribution in [1.29, 1.82) is 0 Å². The highest BCUT2D eigenvalue weighted by molar-refractivity contribution is 5.74. The van der Waals surface area contributed by atoms with Crippen LogP contribution < -0.4 is 0 Å². The topological polar surface area (TPSA) is 51.7 Å². The lowest BCUT2D eigenvalue weighted by Gasteiger charge is -2.44. The van der Waals surface area contributed by atoms with Crippen LogP contribution in [0.3, 0.4) is 0 Å². The Morgan fingerprint density at radius 2 is 2.17 bits per heavy atom. The Bertz CT molecular complexity index is 633. The van der Waals surface area contributed by atoms with Crippen LogP contribution in [-0.2, 0) is 9.47 Å². The van der Waals surface area contributed by atoms with E-state index in [2.05, 4.69) is 17.1 Å². The molecule has 23 heavy (non-hydrogen) atoms. The van der Waals surface area contributed by atoms with Crippen molar-refractivity contribution >= 4 is 11.7 Å². The third-order valence-corrected chi connectivity index (χ3v) is 4.07. The summed E-state index contributed by atoms with van der Waals surface area (Å²) in [5.41, 5.74) is 2.95. The third kappa shape index (κ3) is 3.55. The number of fused-ring (bicyclic) bond motifs is 2. The Hall–Kier alpha value is -1.88. The van der Waals surface area contributed by atoms with Crippen LogP contribution in [0.15, 0.2) is 24.4 Å². The van der Waals surface area contributed by atoms with Crippen LogP contribution >= 0.6 is 0 Å². The maximum absolute atomic E-state index is 12.5. The monoisotopic (exact) mass is 316 g/mol. The molecule has 2 atom stereocenters. The maximum Gasteiger partial charge on any atom is 0.411 e. The molecular formula is C18H24N2O3. The molecule has 1 aromatic heterocycles. The molecule has 2 aliphatic heterocycles. The van der Waals surface area contributed by atoms with Gasteiger partial charge in [-0.2, -0.15) is 0 Å². The summed E-state index contributed by atoms with van der Waals surface area (Å²) in [5.74, 6) is 0. The van der Waals surface area contributed by atoms with E-state index in [9.17, 15) is 4.79 Å². The number of aromatic nitrogens is 1. The van der Waals surface area contributed by atoms with Gasteiger partial charge in [0.25, 0.3) is 0 Å². The van der Waals surface area contributed by atoms with Crippen molar-refractivity contribution in [1.82, 2.24) is 9.88 Å². The smallest absolute Gasteiger partial charge is 0.411 e. The lowest BCUT2D eigenvalue weighted by molar-refractivity contribution is -0.0510. The van der Waals surface area contributed by atoms with Gasteiger partial charge < -0.3 is 9.47 Å². The van der Waals surface area contributed by atoms with Crippen LogP contribution in [0.4, 0.5) is 4.79 Å². The number of hydrogen-bond donors (Lipinski definition) is 0. The summed E-state index contributed by atoms with van der Waals surface area (Å²) in [7, 11) is 0. The number of aryl methyl sites for hydroxylation is 1. The predicted molar refractivity (Wildman–Crippen MR) is 88.0 cm³/mol. The van der Waals surface area contributed by atoms with E-state index in [1.807, 2.05) is 44.9 Å². The predicted octanol–water partition coefficient (Wildman–Crippen LogP) is 3.18. The highest BCUT2D eigenvalue weighted by Crippen LogP contribution is 2.33. The molecule has 5 heteroatoms. The molecule has 0 N–H and O–H groups in total. The lowest BCUT2D eigenvalue weighted by Crippen LogP contribution is -2.57. The first-order chi connectivity index (χ1) is 10.8.